The maximum Gasteiger partial charge on any atom is 0.311 e. The molecule has 224 valence electrons. The first-order valence-electron chi connectivity index (χ1n) is 14.5. The van der Waals surface area contributed by atoms with Crippen LogP contribution in [0.1, 0.15) is 36.0 Å². The average Bonchev–Trinajstić information content (AvgIpc) is 3.39. The largest absolute Gasteiger partial charge is 0.488 e. The molecule has 1 atom stereocenters. The Bertz CT molecular complexity index is 1960. The zero-order chi connectivity index (χ0) is 31.3. The number of ether oxygens (including phenoxy) is 1. The van der Waals surface area contributed by atoms with Gasteiger partial charge in [-0.25, -0.2) is 9.38 Å². The smallest absolute Gasteiger partial charge is 0.311 e. The molecule has 0 spiro atoms. The van der Waals surface area contributed by atoms with Gasteiger partial charge in [-0.1, -0.05) is 91.9 Å². The average molecular weight is 617 g/mol. The van der Waals surface area contributed by atoms with Crippen molar-refractivity contribution in [1.82, 2.24) is 5.32 Å². The van der Waals surface area contributed by atoms with E-state index in [4.69, 9.17) is 4.74 Å². The second kappa shape index (κ2) is 13.2. The highest BCUT2D eigenvalue weighted by atomic mass is 32.2. The summed E-state index contributed by atoms with van der Waals surface area (Å²) in [5, 5.41) is 14.4. The number of carbonyl (C=O) groups excluding carboxylic acids is 1. The Morgan fingerprint density at radius 3 is 2.31 bits per heavy atom. The van der Waals surface area contributed by atoms with E-state index < -0.39 is 17.7 Å². The van der Waals surface area contributed by atoms with Crippen molar-refractivity contribution in [2.45, 2.75) is 25.9 Å². The molecule has 0 saturated carbocycles. The number of carboxylic acid groups (broad SMARTS) is 1. The van der Waals surface area contributed by atoms with Crippen molar-refractivity contribution in [2.24, 2.45) is 4.99 Å². The number of amidine groups is 1. The lowest BCUT2D eigenvalue weighted by atomic mass is 9.96. The van der Waals surface area contributed by atoms with E-state index in [0.717, 1.165) is 44.8 Å². The van der Waals surface area contributed by atoms with E-state index in [-0.39, 0.29) is 23.6 Å². The van der Waals surface area contributed by atoms with Crippen LogP contribution in [0.3, 0.4) is 0 Å². The van der Waals surface area contributed by atoms with E-state index in [0.29, 0.717) is 22.4 Å². The molecule has 0 aliphatic carbocycles. The molecule has 1 aliphatic heterocycles. The molecule has 1 fully saturated rings. The Balaban J connectivity index is 1.24. The van der Waals surface area contributed by atoms with E-state index in [1.165, 1.54) is 12.1 Å². The second-order valence-electron chi connectivity index (χ2n) is 10.6. The third kappa shape index (κ3) is 6.81. The van der Waals surface area contributed by atoms with E-state index in [1.54, 1.807) is 19.1 Å². The Hall–Kier alpha value is -5.21. The molecule has 6 rings (SSSR count). The van der Waals surface area contributed by atoms with Gasteiger partial charge in [-0.15, -0.1) is 0 Å². The third-order valence-corrected chi connectivity index (χ3v) is 8.48. The van der Waals surface area contributed by atoms with E-state index in [9.17, 15) is 19.1 Å². The number of halogens is 1. The SMILES string of the molecule is CCC(C(=O)O)c1ccc(N=C2NC(=O)C(=Cc3cc4ccccc4cc3OCc3ccc(-c4ccccc4)cc3)S2)cc1F. The zero-order valence-corrected chi connectivity index (χ0v) is 25.2. The molecule has 6 nitrogen and oxygen atoms in total. The van der Waals surface area contributed by atoms with Crippen LogP contribution in [0.15, 0.2) is 119 Å². The Morgan fingerprint density at radius 1 is 0.933 bits per heavy atom. The van der Waals surface area contributed by atoms with Gasteiger partial charge in [0.15, 0.2) is 5.17 Å². The van der Waals surface area contributed by atoms with Crippen LogP contribution in [0.5, 0.6) is 5.75 Å². The van der Waals surface area contributed by atoms with Gasteiger partial charge in [0.05, 0.1) is 16.5 Å². The number of nitrogens with one attached hydrogen (secondary N) is 1. The van der Waals surface area contributed by atoms with Crippen LogP contribution < -0.4 is 10.1 Å². The summed E-state index contributed by atoms with van der Waals surface area (Å²) in [7, 11) is 0. The Kier molecular flexibility index (Phi) is 8.75. The minimum Gasteiger partial charge on any atom is -0.488 e. The minimum absolute atomic E-state index is 0.105. The van der Waals surface area contributed by atoms with E-state index in [1.807, 2.05) is 66.7 Å². The number of amides is 1. The van der Waals surface area contributed by atoms with E-state index in [2.05, 4.69) is 34.6 Å². The summed E-state index contributed by atoms with van der Waals surface area (Å²) in [4.78, 5) is 29.2. The third-order valence-electron chi connectivity index (χ3n) is 7.57. The monoisotopic (exact) mass is 616 g/mol. The van der Waals surface area contributed by atoms with Gasteiger partial charge in [-0.2, -0.15) is 0 Å². The van der Waals surface area contributed by atoms with Gasteiger partial charge >= 0.3 is 5.97 Å². The maximum absolute atomic E-state index is 14.8. The molecular formula is C37H29FN2O4S. The maximum atomic E-state index is 14.8. The lowest BCUT2D eigenvalue weighted by Crippen LogP contribution is -2.19. The van der Waals surface area contributed by atoms with Crippen LogP contribution in [0.25, 0.3) is 28.0 Å². The predicted octanol–water partition coefficient (Wildman–Crippen LogP) is 8.69. The fourth-order valence-electron chi connectivity index (χ4n) is 5.19. The quantitative estimate of drug-likeness (QED) is 0.162. The van der Waals surface area contributed by atoms with Crippen molar-refractivity contribution in [3.63, 3.8) is 0 Å². The number of benzene rings is 5. The molecule has 0 bridgehead atoms. The molecular weight excluding hydrogens is 587 g/mol. The molecule has 1 heterocycles. The molecule has 8 heteroatoms. The van der Waals surface area contributed by atoms with Crippen molar-refractivity contribution in [3.8, 4) is 16.9 Å². The molecule has 5 aromatic carbocycles. The van der Waals surface area contributed by atoms with Crippen LogP contribution in [0, 0.1) is 5.82 Å². The van der Waals surface area contributed by atoms with Crippen molar-refractivity contribution >= 4 is 51.3 Å². The number of hydrogen-bond donors (Lipinski definition) is 2. The highest BCUT2D eigenvalue weighted by Crippen LogP contribution is 2.34. The van der Waals surface area contributed by atoms with Crippen molar-refractivity contribution in [2.75, 3.05) is 0 Å². The molecule has 1 saturated heterocycles. The molecule has 0 aromatic heterocycles. The van der Waals surface area contributed by atoms with Crippen LogP contribution in [-0.2, 0) is 16.2 Å². The number of carboxylic acids is 1. The molecule has 2 N–H and O–H groups in total. The first-order chi connectivity index (χ1) is 21.9. The van der Waals surface area contributed by atoms with Crippen molar-refractivity contribution in [3.05, 3.63) is 137 Å². The number of thioether (sulfide) groups is 1. The van der Waals surface area contributed by atoms with Gasteiger partial charge < -0.3 is 15.2 Å². The van der Waals surface area contributed by atoms with Crippen LogP contribution in [0.4, 0.5) is 10.1 Å². The molecule has 45 heavy (non-hydrogen) atoms. The number of aliphatic imine (C=N–C) groups is 1. The standard InChI is InChI=1S/C37H29FN2O4S/c1-2-30(36(42)43)31-17-16-29(21-32(31)38)39-37-40-35(41)34(45-37)20-28-18-26-10-6-7-11-27(26)19-33(28)44-22-23-12-14-25(15-13-23)24-8-4-3-5-9-24/h3-21,30H,2,22H2,1H3,(H,42,43)(H,39,40,41). The Labute approximate surface area is 264 Å². The number of carbonyl (C=O) groups is 2. The molecule has 0 radical (unpaired) electrons. The minimum atomic E-state index is -1.08. The lowest BCUT2D eigenvalue weighted by Gasteiger charge is -2.12. The summed E-state index contributed by atoms with van der Waals surface area (Å²) >= 11 is 1.14. The number of hydrogen-bond acceptors (Lipinski definition) is 5. The lowest BCUT2D eigenvalue weighted by molar-refractivity contribution is -0.139. The van der Waals surface area contributed by atoms with Gasteiger partial charge in [0.25, 0.3) is 5.91 Å². The summed E-state index contributed by atoms with van der Waals surface area (Å²) in [5.41, 5.74) is 4.40. The van der Waals surface area contributed by atoms with Crippen LogP contribution in [0.2, 0.25) is 0 Å². The summed E-state index contributed by atoms with van der Waals surface area (Å²) < 4.78 is 21.1. The highest BCUT2D eigenvalue weighted by molar-refractivity contribution is 8.18. The normalized spacial score (nSPS) is 15.4. The summed E-state index contributed by atoms with van der Waals surface area (Å²) in [6, 6.07) is 34.5. The number of nitrogens with zero attached hydrogens (tertiary/aromatic N) is 1. The van der Waals surface area contributed by atoms with Crippen molar-refractivity contribution < 1.29 is 23.8 Å². The molecule has 1 aliphatic rings. The first-order valence-corrected chi connectivity index (χ1v) is 15.3. The van der Waals surface area contributed by atoms with Gasteiger partial charge in [0.1, 0.15) is 18.2 Å². The van der Waals surface area contributed by atoms with Crippen molar-refractivity contribution in [1.29, 1.82) is 0 Å². The van der Waals surface area contributed by atoms with Crippen LogP contribution in [-0.4, -0.2) is 22.2 Å². The first kappa shape index (κ1) is 29.8. The van der Waals surface area contributed by atoms with E-state index >= 15 is 0 Å². The van der Waals surface area contributed by atoms with Gasteiger partial charge in [-0.3, -0.25) is 9.59 Å². The number of fused-ring (bicyclic) bond motifs is 1. The van der Waals surface area contributed by atoms with Crippen LogP contribution >= 0.6 is 11.8 Å². The molecule has 1 unspecified atom stereocenters. The fraction of sp³-hybridized carbons (Fsp3) is 0.108. The Morgan fingerprint density at radius 2 is 1.62 bits per heavy atom. The molecule has 5 aromatic rings. The second-order valence-corrected chi connectivity index (χ2v) is 11.6. The zero-order valence-electron chi connectivity index (χ0n) is 24.4. The summed E-state index contributed by atoms with van der Waals surface area (Å²) in [6.07, 6.45) is 2.03. The molecule has 1 amide bonds. The summed E-state index contributed by atoms with van der Waals surface area (Å²) in [5.74, 6) is -2.36. The topological polar surface area (TPSA) is 88.0 Å². The van der Waals surface area contributed by atoms with Gasteiger partial charge in [0.2, 0.25) is 0 Å². The fourth-order valence-corrected chi connectivity index (χ4v) is 6.03. The number of aliphatic carboxylic acids is 1. The van der Waals surface area contributed by atoms with Gasteiger partial charge in [0, 0.05) is 11.1 Å². The predicted molar refractivity (Wildman–Crippen MR) is 178 cm³/mol. The van der Waals surface area contributed by atoms with Gasteiger partial charge in [-0.05, 0) is 76.0 Å². The number of rotatable bonds is 9. The highest BCUT2D eigenvalue weighted by Gasteiger charge is 2.25. The summed E-state index contributed by atoms with van der Waals surface area (Å²) in [6.45, 7) is 2.04.